The third-order valence-corrected chi connectivity index (χ3v) is 3.54. The van der Waals surface area contributed by atoms with Gasteiger partial charge in [-0.05, 0) is 30.3 Å². The van der Waals surface area contributed by atoms with E-state index < -0.39 is 11.4 Å². The Balaban J connectivity index is 1.57. The normalized spacial score (nSPS) is 10.6. The average molecular weight is 341 g/mol. The largest absolute Gasteiger partial charge is 0.492 e. The molecule has 3 aromatic rings. The Kier molecular flexibility index (Phi) is 5.03. The number of fused-ring (bicyclic) bond motifs is 1. The SMILES string of the molecule is O=C(Cn1cnc2ccc(F)cc2c1=O)NCCOc1ccccc1. The first-order valence-corrected chi connectivity index (χ1v) is 7.73. The molecule has 7 heteroatoms. The van der Waals surface area contributed by atoms with Crippen LogP contribution in [0.1, 0.15) is 0 Å². The van der Waals surface area contributed by atoms with Crippen LogP contribution in [0.15, 0.2) is 59.7 Å². The van der Waals surface area contributed by atoms with Gasteiger partial charge in [-0.1, -0.05) is 18.2 Å². The van der Waals surface area contributed by atoms with E-state index in [1.807, 2.05) is 30.3 Å². The monoisotopic (exact) mass is 341 g/mol. The molecular formula is C18H16FN3O3. The summed E-state index contributed by atoms with van der Waals surface area (Å²) in [5, 5.41) is 2.80. The van der Waals surface area contributed by atoms with Gasteiger partial charge >= 0.3 is 0 Å². The third-order valence-electron chi connectivity index (χ3n) is 3.54. The van der Waals surface area contributed by atoms with Crippen molar-refractivity contribution in [1.29, 1.82) is 0 Å². The lowest BCUT2D eigenvalue weighted by Crippen LogP contribution is -2.34. The van der Waals surface area contributed by atoms with E-state index in [4.69, 9.17) is 4.74 Å². The van der Waals surface area contributed by atoms with E-state index in [0.29, 0.717) is 24.4 Å². The smallest absolute Gasteiger partial charge is 0.261 e. The van der Waals surface area contributed by atoms with Gasteiger partial charge in [-0.25, -0.2) is 9.37 Å². The molecule has 0 radical (unpaired) electrons. The van der Waals surface area contributed by atoms with E-state index in [0.717, 1.165) is 10.6 Å². The van der Waals surface area contributed by atoms with Crippen LogP contribution in [0, 0.1) is 5.82 Å². The molecule has 0 saturated heterocycles. The molecule has 1 N–H and O–H groups in total. The number of hydrogen-bond acceptors (Lipinski definition) is 4. The van der Waals surface area contributed by atoms with Crippen molar-refractivity contribution in [2.24, 2.45) is 0 Å². The maximum absolute atomic E-state index is 13.3. The van der Waals surface area contributed by atoms with Gasteiger partial charge < -0.3 is 10.1 Å². The van der Waals surface area contributed by atoms with Gasteiger partial charge in [0, 0.05) is 0 Å². The molecule has 0 fully saturated rings. The predicted octanol–water partition coefficient (Wildman–Crippen LogP) is 1.73. The highest BCUT2D eigenvalue weighted by molar-refractivity contribution is 5.78. The Morgan fingerprint density at radius 2 is 2.00 bits per heavy atom. The molecule has 0 aliphatic rings. The highest BCUT2D eigenvalue weighted by Gasteiger charge is 2.08. The summed E-state index contributed by atoms with van der Waals surface area (Å²) < 4.78 is 19.9. The molecule has 1 heterocycles. The van der Waals surface area contributed by atoms with Crippen molar-refractivity contribution in [2.75, 3.05) is 13.2 Å². The molecule has 0 aliphatic carbocycles. The van der Waals surface area contributed by atoms with Crippen molar-refractivity contribution in [3.05, 3.63) is 71.0 Å². The molecule has 1 amide bonds. The van der Waals surface area contributed by atoms with Crippen molar-refractivity contribution >= 4 is 16.8 Å². The van der Waals surface area contributed by atoms with Crippen molar-refractivity contribution in [3.63, 3.8) is 0 Å². The second-order valence-electron chi connectivity index (χ2n) is 5.35. The number of amides is 1. The predicted molar refractivity (Wildman–Crippen MR) is 90.9 cm³/mol. The van der Waals surface area contributed by atoms with Crippen molar-refractivity contribution in [2.45, 2.75) is 6.54 Å². The summed E-state index contributed by atoms with van der Waals surface area (Å²) in [6.45, 7) is 0.424. The first-order chi connectivity index (χ1) is 12.1. The lowest BCUT2D eigenvalue weighted by molar-refractivity contribution is -0.121. The van der Waals surface area contributed by atoms with Gasteiger partial charge in [0.1, 0.15) is 24.7 Å². The molecule has 0 aliphatic heterocycles. The molecular weight excluding hydrogens is 325 g/mol. The summed E-state index contributed by atoms with van der Waals surface area (Å²) in [5.74, 6) is -0.156. The maximum Gasteiger partial charge on any atom is 0.261 e. The summed E-state index contributed by atoms with van der Waals surface area (Å²) >= 11 is 0. The Morgan fingerprint density at radius 1 is 1.20 bits per heavy atom. The fraction of sp³-hybridized carbons (Fsp3) is 0.167. The number of rotatable bonds is 6. The zero-order valence-electron chi connectivity index (χ0n) is 13.3. The topological polar surface area (TPSA) is 73.2 Å². The summed E-state index contributed by atoms with van der Waals surface area (Å²) in [5.41, 5.74) is -0.0699. The van der Waals surface area contributed by atoms with E-state index in [-0.39, 0.29) is 17.8 Å². The molecule has 6 nitrogen and oxygen atoms in total. The highest BCUT2D eigenvalue weighted by atomic mass is 19.1. The average Bonchev–Trinajstić information content (AvgIpc) is 2.62. The quantitative estimate of drug-likeness (QED) is 0.693. The first kappa shape index (κ1) is 16.6. The zero-order chi connectivity index (χ0) is 17.6. The van der Waals surface area contributed by atoms with Crippen LogP contribution in [0.3, 0.4) is 0 Å². The molecule has 0 spiro atoms. The Bertz CT molecular complexity index is 941. The van der Waals surface area contributed by atoms with Crippen LogP contribution in [0.5, 0.6) is 5.75 Å². The van der Waals surface area contributed by atoms with Gasteiger partial charge in [0.15, 0.2) is 0 Å². The standard InChI is InChI=1S/C18H16FN3O3/c19-13-6-7-16-15(10-13)18(24)22(12-21-16)11-17(23)20-8-9-25-14-4-2-1-3-5-14/h1-7,10,12H,8-9,11H2,(H,20,23). The van der Waals surface area contributed by atoms with Gasteiger partial charge in [0.05, 0.1) is 23.8 Å². The summed E-state index contributed by atoms with van der Waals surface area (Å²) in [6, 6.07) is 13.0. The number of ether oxygens (including phenoxy) is 1. The molecule has 1 aromatic heterocycles. The van der Waals surface area contributed by atoms with Gasteiger partial charge in [0.25, 0.3) is 5.56 Å². The van der Waals surface area contributed by atoms with Crippen LogP contribution < -0.4 is 15.6 Å². The Hall–Kier alpha value is -3.22. The molecule has 0 unspecified atom stereocenters. The third kappa shape index (κ3) is 4.20. The lowest BCUT2D eigenvalue weighted by atomic mass is 10.2. The van der Waals surface area contributed by atoms with Crippen LogP contribution in [0.4, 0.5) is 4.39 Å². The molecule has 0 atom stereocenters. The van der Waals surface area contributed by atoms with E-state index in [2.05, 4.69) is 10.3 Å². The number of nitrogens with zero attached hydrogens (tertiary/aromatic N) is 2. The van der Waals surface area contributed by atoms with Crippen LogP contribution >= 0.6 is 0 Å². The highest BCUT2D eigenvalue weighted by Crippen LogP contribution is 2.08. The minimum Gasteiger partial charge on any atom is -0.492 e. The number of carbonyl (C=O) groups excluding carboxylic acids is 1. The second kappa shape index (κ2) is 7.57. The number of benzene rings is 2. The summed E-state index contributed by atoms with van der Waals surface area (Å²) in [4.78, 5) is 28.3. The van der Waals surface area contributed by atoms with Gasteiger partial charge in [-0.3, -0.25) is 14.2 Å². The summed E-state index contributed by atoms with van der Waals surface area (Å²) in [6.07, 6.45) is 1.28. The fourth-order valence-corrected chi connectivity index (χ4v) is 2.33. The van der Waals surface area contributed by atoms with Gasteiger partial charge in [0.2, 0.25) is 5.91 Å². The first-order valence-electron chi connectivity index (χ1n) is 7.73. The van der Waals surface area contributed by atoms with E-state index in [9.17, 15) is 14.0 Å². The number of carbonyl (C=O) groups is 1. The van der Waals surface area contributed by atoms with Crippen LogP contribution in [-0.4, -0.2) is 28.6 Å². The van der Waals surface area contributed by atoms with Crippen LogP contribution in [0.2, 0.25) is 0 Å². The number of aromatic nitrogens is 2. The molecule has 3 rings (SSSR count). The molecule has 128 valence electrons. The van der Waals surface area contributed by atoms with Crippen LogP contribution in [0.25, 0.3) is 10.9 Å². The van der Waals surface area contributed by atoms with Gasteiger partial charge in [-0.2, -0.15) is 0 Å². The molecule has 25 heavy (non-hydrogen) atoms. The minimum absolute atomic E-state index is 0.141. The number of para-hydroxylation sites is 1. The zero-order valence-corrected chi connectivity index (χ0v) is 13.3. The molecule has 2 aromatic carbocycles. The van der Waals surface area contributed by atoms with E-state index in [1.54, 1.807) is 0 Å². The maximum atomic E-state index is 13.3. The Labute approximate surface area is 142 Å². The van der Waals surface area contributed by atoms with Crippen molar-refractivity contribution in [3.8, 4) is 5.75 Å². The number of nitrogens with one attached hydrogen (secondary N) is 1. The van der Waals surface area contributed by atoms with Gasteiger partial charge in [-0.15, -0.1) is 0 Å². The lowest BCUT2D eigenvalue weighted by Gasteiger charge is -2.09. The fourth-order valence-electron chi connectivity index (χ4n) is 2.33. The van der Waals surface area contributed by atoms with E-state index >= 15 is 0 Å². The second-order valence-corrected chi connectivity index (χ2v) is 5.35. The molecule has 0 saturated carbocycles. The number of halogens is 1. The minimum atomic E-state index is -0.522. The van der Waals surface area contributed by atoms with Crippen molar-refractivity contribution < 1.29 is 13.9 Å². The molecule has 0 bridgehead atoms. The summed E-state index contributed by atoms with van der Waals surface area (Å²) in [7, 11) is 0. The van der Waals surface area contributed by atoms with Crippen LogP contribution in [-0.2, 0) is 11.3 Å². The van der Waals surface area contributed by atoms with E-state index in [1.165, 1.54) is 18.5 Å². The Morgan fingerprint density at radius 3 is 2.80 bits per heavy atom. The number of hydrogen-bond donors (Lipinski definition) is 1. The van der Waals surface area contributed by atoms with Crippen molar-refractivity contribution in [1.82, 2.24) is 14.9 Å².